The highest BCUT2D eigenvalue weighted by Gasteiger charge is 2.22. The number of halogens is 2. The van der Waals surface area contributed by atoms with E-state index in [4.69, 9.17) is 23.2 Å². The normalized spacial score (nSPS) is 15.6. The van der Waals surface area contributed by atoms with Gasteiger partial charge in [-0.3, -0.25) is 4.90 Å². The third-order valence-corrected chi connectivity index (χ3v) is 5.72. The van der Waals surface area contributed by atoms with Crippen LogP contribution in [-0.2, 0) is 6.54 Å². The average Bonchev–Trinajstić information content (AvgIpc) is 3.19. The Bertz CT molecular complexity index is 1150. The lowest BCUT2D eigenvalue weighted by Crippen LogP contribution is -2.46. The predicted molar refractivity (Wildman–Crippen MR) is 110 cm³/mol. The smallest absolute Gasteiger partial charge is 0.207 e. The number of fused-ring (bicyclic) bond motifs is 3. The highest BCUT2D eigenvalue weighted by atomic mass is 35.5. The van der Waals surface area contributed by atoms with Gasteiger partial charge in [-0.2, -0.15) is 0 Å². The number of hydrogen-bond acceptors (Lipinski definition) is 6. The van der Waals surface area contributed by atoms with Gasteiger partial charge in [-0.1, -0.05) is 53.5 Å². The number of tetrazole rings is 1. The van der Waals surface area contributed by atoms with Crippen LogP contribution in [0.25, 0.3) is 16.4 Å². The topological polar surface area (TPSA) is 62.5 Å². The first-order valence-electron chi connectivity index (χ1n) is 9.07. The summed E-state index contributed by atoms with van der Waals surface area (Å²) in [5, 5.41) is 20.0. The van der Waals surface area contributed by atoms with Crippen molar-refractivity contribution >= 4 is 45.4 Å². The molecule has 1 saturated heterocycles. The quantitative estimate of drug-likeness (QED) is 0.513. The van der Waals surface area contributed by atoms with Crippen LogP contribution in [0.5, 0.6) is 0 Å². The van der Waals surface area contributed by atoms with Crippen LogP contribution in [0.3, 0.4) is 0 Å². The summed E-state index contributed by atoms with van der Waals surface area (Å²) in [6, 6.07) is 13.8. The maximum absolute atomic E-state index is 6.33. The Balaban J connectivity index is 1.38. The van der Waals surface area contributed by atoms with Gasteiger partial charge in [-0.25, -0.2) is 0 Å². The first kappa shape index (κ1) is 17.6. The van der Waals surface area contributed by atoms with E-state index in [-0.39, 0.29) is 0 Å². The summed E-state index contributed by atoms with van der Waals surface area (Å²) in [5.74, 6) is 0.916. The number of nitrogens with zero attached hydrogens (tertiary/aromatic N) is 7. The van der Waals surface area contributed by atoms with Gasteiger partial charge in [0.1, 0.15) is 0 Å². The zero-order valence-corrected chi connectivity index (χ0v) is 16.5. The van der Waals surface area contributed by atoms with Crippen LogP contribution >= 0.6 is 23.2 Å². The Labute approximate surface area is 171 Å². The minimum Gasteiger partial charge on any atom is -0.352 e. The molecule has 0 saturated carbocycles. The summed E-state index contributed by atoms with van der Waals surface area (Å²) in [6.45, 7) is 4.39. The van der Waals surface area contributed by atoms with Gasteiger partial charge in [0.15, 0.2) is 5.82 Å². The van der Waals surface area contributed by atoms with E-state index in [1.54, 1.807) is 6.07 Å². The van der Waals surface area contributed by atoms with E-state index >= 15 is 0 Å². The van der Waals surface area contributed by atoms with Gasteiger partial charge in [-0.15, -0.1) is 14.8 Å². The van der Waals surface area contributed by atoms with Gasteiger partial charge < -0.3 is 4.90 Å². The summed E-state index contributed by atoms with van der Waals surface area (Å²) in [5.41, 5.74) is 1.77. The minimum absolute atomic E-state index is 0.662. The van der Waals surface area contributed by atoms with Crippen molar-refractivity contribution in [2.45, 2.75) is 6.54 Å². The van der Waals surface area contributed by atoms with Crippen LogP contribution in [0.2, 0.25) is 10.0 Å². The van der Waals surface area contributed by atoms with Crippen LogP contribution in [0.4, 0.5) is 5.82 Å². The lowest BCUT2D eigenvalue weighted by atomic mass is 10.1. The number of rotatable bonds is 3. The molecule has 2 aromatic carbocycles. The molecule has 0 spiro atoms. The predicted octanol–water partition coefficient (Wildman–Crippen LogP) is 3.30. The SMILES string of the molecule is Clc1ccc(CN2CCN(c3nn4nnnc4c4ccccc34)CC2)c(Cl)c1. The van der Waals surface area contributed by atoms with Crippen molar-refractivity contribution in [1.82, 2.24) is 30.2 Å². The Morgan fingerprint density at radius 1 is 0.929 bits per heavy atom. The first-order valence-corrected chi connectivity index (χ1v) is 9.83. The zero-order valence-electron chi connectivity index (χ0n) is 15.0. The summed E-state index contributed by atoms with van der Waals surface area (Å²) >= 11 is 12.3. The molecule has 3 heterocycles. The van der Waals surface area contributed by atoms with E-state index in [1.165, 1.54) is 4.63 Å². The average molecular weight is 414 g/mol. The van der Waals surface area contributed by atoms with Crippen molar-refractivity contribution in [3.8, 4) is 0 Å². The molecule has 7 nitrogen and oxygen atoms in total. The first-order chi connectivity index (χ1) is 13.7. The second-order valence-corrected chi connectivity index (χ2v) is 7.70. The zero-order chi connectivity index (χ0) is 19.1. The summed E-state index contributed by atoms with van der Waals surface area (Å²) < 4.78 is 1.51. The molecule has 0 radical (unpaired) electrons. The molecule has 142 valence electrons. The van der Waals surface area contributed by atoms with Gasteiger partial charge in [0.05, 0.1) is 0 Å². The van der Waals surface area contributed by atoms with Crippen LogP contribution in [0.1, 0.15) is 5.56 Å². The molecule has 1 aliphatic rings. The maximum Gasteiger partial charge on any atom is 0.207 e. The highest BCUT2D eigenvalue weighted by Crippen LogP contribution is 2.28. The summed E-state index contributed by atoms with van der Waals surface area (Å²) in [6.07, 6.45) is 0. The van der Waals surface area contributed by atoms with Crippen molar-refractivity contribution in [1.29, 1.82) is 0 Å². The minimum atomic E-state index is 0.662. The standard InChI is InChI=1S/C19H17Cl2N7/c20-14-6-5-13(17(21)11-14)12-26-7-9-27(10-8-26)19-16-4-2-1-3-15(16)18-22-24-25-28(18)23-19/h1-6,11H,7-10,12H2. The van der Waals surface area contributed by atoms with Crippen LogP contribution in [-0.4, -0.2) is 56.3 Å². The summed E-state index contributed by atoms with van der Waals surface area (Å²) in [7, 11) is 0. The number of aromatic nitrogens is 5. The van der Waals surface area contributed by atoms with Gasteiger partial charge in [0.2, 0.25) is 5.65 Å². The molecule has 0 amide bonds. The molecule has 9 heteroatoms. The fourth-order valence-electron chi connectivity index (χ4n) is 3.67. The van der Waals surface area contributed by atoms with Gasteiger partial charge in [-0.05, 0) is 28.1 Å². The lowest BCUT2D eigenvalue weighted by molar-refractivity contribution is 0.249. The molecule has 0 unspecified atom stereocenters. The molecule has 0 aliphatic carbocycles. The van der Waals surface area contributed by atoms with Crippen molar-refractivity contribution in [3.05, 3.63) is 58.1 Å². The van der Waals surface area contributed by atoms with Gasteiger partial charge >= 0.3 is 0 Å². The van der Waals surface area contributed by atoms with E-state index < -0.39 is 0 Å². The Morgan fingerprint density at radius 2 is 1.71 bits per heavy atom. The molecule has 0 bridgehead atoms. The molecule has 1 fully saturated rings. The molecule has 0 atom stereocenters. The molecule has 2 aromatic heterocycles. The second-order valence-electron chi connectivity index (χ2n) is 6.86. The van der Waals surface area contributed by atoms with E-state index in [2.05, 4.69) is 36.5 Å². The van der Waals surface area contributed by atoms with Gasteiger partial charge in [0.25, 0.3) is 0 Å². The van der Waals surface area contributed by atoms with E-state index in [0.29, 0.717) is 15.7 Å². The third kappa shape index (κ3) is 3.15. The molecule has 28 heavy (non-hydrogen) atoms. The Hall–Kier alpha value is -2.48. The van der Waals surface area contributed by atoms with Gasteiger partial charge in [0, 0.05) is 53.5 Å². The molecule has 4 aromatic rings. The van der Waals surface area contributed by atoms with E-state index in [1.807, 2.05) is 30.3 Å². The Kier molecular flexibility index (Phi) is 4.50. The maximum atomic E-state index is 6.33. The van der Waals surface area contributed by atoms with Crippen LogP contribution < -0.4 is 4.90 Å². The Morgan fingerprint density at radius 3 is 2.50 bits per heavy atom. The van der Waals surface area contributed by atoms with Crippen molar-refractivity contribution < 1.29 is 0 Å². The fourth-order valence-corrected chi connectivity index (χ4v) is 4.14. The van der Waals surface area contributed by atoms with Crippen molar-refractivity contribution in [3.63, 3.8) is 0 Å². The third-order valence-electron chi connectivity index (χ3n) is 5.13. The number of hydrogen-bond donors (Lipinski definition) is 0. The molecular weight excluding hydrogens is 397 g/mol. The monoisotopic (exact) mass is 413 g/mol. The van der Waals surface area contributed by atoms with E-state index in [0.717, 1.165) is 54.9 Å². The highest BCUT2D eigenvalue weighted by molar-refractivity contribution is 6.35. The van der Waals surface area contributed by atoms with Crippen molar-refractivity contribution in [2.75, 3.05) is 31.1 Å². The molecule has 1 aliphatic heterocycles. The van der Waals surface area contributed by atoms with Crippen LogP contribution in [0.15, 0.2) is 42.5 Å². The molecular formula is C19H17Cl2N7. The fraction of sp³-hybridized carbons (Fsp3) is 0.263. The van der Waals surface area contributed by atoms with Crippen molar-refractivity contribution in [2.24, 2.45) is 0 Å². The number of piperazine rings is 1. The largest absolute Gasteiger partial charge is 0.352 e. The lowest BCUT2D eigenvalue weighted by Gasteiger charge is -2.35. The number of benzene rings is 2. The van der Waals surface area contributed by atoms with E-state index in [9.17, 15) is 0 Å². The van der Waals surface area contributed by atoms with Crippen LogP contribution in [0, 0.1) is 0 Å². The molecule has 0 N–H and O–H groups in total. The molecule has 5 rings (SSSR count). The summed E-state index contributed by atoms with van der Waals surface area (Å²) in [4.78, 5) is 4.69. The number of anilines is 1. The second kappa shape index (κ2) is 7.16.